The van der Waals surface area contributed by atoms with Crippen LogP contribution >= 0.6 is 11.8 Å². The van der Waals surface area contributed by atoms with Gasteiger partial charge < -0.3 is 4.74 Å². The average Bonchev–Trinajstić information content (AvgIpc) is 3.10. The third-order valence-electron chi connectivity index (χ3n) is 4.38. The van der Waals surface area contributed by atoms with Gasteiger partial charge in [0, 0.05) is 21.4 Å². The third kappa shape index (κ3) is 2.34. The summed E-state index contributed by atoms with van der Waals surface area (Å²) in [5.74, 6) is -0.0447. The molecule has 1 aliphatic carbocycles. The standard InChI is InChI=1S/C20H17NO3S/c1-3-10-25-14-9-8-12-15-11(14)6-5-7-13(15)18-16(12)17(19(22)21-18)20(23)24-4-2/h5-9H,3-4,10H2,1-2H3. The zero-order valence-corrected chi connectivity index (χ0v) is 14.9. The van der Waals surface area contributed by atoms with Crippen molar-refractivity contribution in [3.8, 4) is 0 Å². The molecule has 0 N–H and O–H groups in total. The first-order valence-electron chi connectivity index (χ1n) is 8.41. The largest absolute Gasteiger partial charge is 0.462 e. The number of aliphatic imine (C=N–C) groups is 1. The number of carbonyl (C=O) groups is 2. The van der Waals surface area contributed by atoms with Crippen molar-refractivity contribution < 1.29 is 14.3 Å². The molecular weight excluding hydrogens is 334 g/mol. The van der Waals surface area contributed by atoms with Gasteiger partial charge in [-0.25, -0.2) is 9.79 Å². The van der Waals surface area contributed by atoms with Crippen LogP contribution in [-0.4, -0.2) is 29.9 Å². The zero-order chi connectivity index (χ0) is 17.6. The quantitative estimate of drug-likeness (QED) is 0.464. The maximum absolute atomic E-state index is 12.3. The minimum atomic E-state index is -0.591. The van der Waals surface area contributed by atoms with Crippen LogP contribution in [0.3, 0.4) is 0 Å². The van der Waals surface area contributed by atoms with E-state index in [-0.39, 0.29) is 12.2 Å². The van der Waals surface area contributed by atoms with Crippen molar-refractivity contribution >= 4 is 45.7 Å². The molecule has 0 spiro atoms. The molecule has 0 bridgehead atoms. The fraction of sp³-hybridized carbons (Fsp3) is 0.250. The maximum atomic E-state index is 12.3. The monoisotopic (exact) mass is 351 g/mol. The van der Waals surface area contributed by atoms with E-state index in [0.717, 1.165) is 34.1 Å². The second kappa shape index (κ2) is 6.15. The van der Waals surface area contributed by atoms with E-state index in [2.05, 4.69) is 24.0 Å². The van der Waals surface area contributed by atoms with Crippen LogP contribution in [0.1, 0.15) is 31.4 Å². The SMILES string of the molecule is CCCSc1ccc2c3c(cccc13)C1=NC(=O)C(C(=O)OCC)=C12. The van der Waals surface area contributed by atoms with Crippen molar-refractivity contribution in [2.24, 2.45) is 4.99 Å². The van der Waals surface area contributed by atoms with Crippen molar-refractivity contribution in [1.29, 1.82) is 0 Å². The van der Waals surface area contributed by atoms with Gasteiger partial charge in [-0.05, 0) is 36.1 Å². The second-order valence-corrected chi connectivity index (χ2v) is 7.06. The first kappa shape index (κ1) is 16.1. The Hall–Kier alpha value is -2.40. The molecule has 1 amide bonds. The van der Waals surface area contributed by atoms with E-state index in [0.29, 0.717) is 11.3 Å². The van der Waals surface area contributed by atoms with Crippen LogP contribution in [0.2, 0.25) is 0 Å². The van der Waals surface area contributed by atoms with Crippen molar-refractivity contribution in [2.45, 2.75) is 25.2 Å². The fourth-order valence-electron chi connectivity index (χ4n) is 3.41. The van der Waals surface area contributed by atoms with Crippen molar-refractivity contribution in [2.75, 3.05) is 12.4 Å². The van der Waals surface area contributed by atoms with Gasteiger partial charge in [-0.15, -0.1) is 11.8 Å². The number of hydrogen-bond acceptors (Lipinski definition) is 4. The van der Waals surface area contributed by atoms with Gasteiger partial charge in [0.15, 0.2) is 0 Å². The molecular formula is C20H17NO3S. The Bertz CT molecular complexity index is 988. The highest BCUT2D eigenvalue weighted by molar-refractivity contribution is 7.99. The molecule has 126 valence electrons. The molecule has 4 nitrogen and oxygen atoms in total. The molecule has 4 rings (SSSR count). The van der Waals surface area contributed by atoms with E-state index in [9.17, 15) is 9.59 Å². The molecule has 2 aromatic rings. The molecule has 0 aromatic heterocycles. The lowest BCUT2D eigenvalue weighted by molar-refractivity contribution is -0.139. The number of ether oxygens (including phenoxy) is 1. The summed E-state index contributed by atoms with van der Waals surface area (Å²) in [4.78, 5) is 30.0. The fourth-order valence-corrected chi connectivity index (χ4v) is 4.33. The van der Waals surface area contributed by atoms with E-state index in [1.165, 1.54) is 4.90 Å². The summed E-state index contributed by atoms with van der Waals surface area (Å²) in [5, 5.41) is 2.22. The molecule has 2 aliphatic rings. The minimum absolute atomic E-state index is 0.0586. The van der Waals surface area contributed by atoms with Crippen LogP contribution in [0.5, 0.6) is 0 Å². The highest BCUT2D eigenvalue weighted by Gasteiger charge is 2.39. The summed E-state index contributed by atoms with van der Waals surface area (Å²) in [6, 6.07) is 10.1. The molecule has 1 heterocycles. The topological polar surface area (TPSA) is 55.7 Å². The number of thioether (sulfide) groups is 1. The van der Waals surface area contributed by atoms with Crippen molar-refractivity contribution in [1.82, 2.24) is 0 Å². The molecule has 1 aliphatic heterocycles. The normalized spacial score (nSPS) is 15.0. The lowest BCUT2D eigenvalue weighted by Crippen LogP contribution is -2.13. The van der Waals surface area contributed by atoms with Crippen LogP contribution in [0.25, 0.3) is 16.3 Å². The summed E-state index contributed by atoms with van der Waals surface area (Å²) < 4.78 is 5.08. The molecule has 5 heteroatoms. The first-order chi connectivity index (χ1) is 12.2. The van der Waals surface area contributed by atoms with Gasteiger partial charge in [-0.1, -0.05) is 31.2 Å². The minimum Gasteiger partial charge on any atom is -0.462 e. The molecule has 0 fully saturated rings. The van der Waals surface area contributed by atoms with E-state index in [4.69, 9.17) is 4.74 Å². The predicted octanol–water partition coefficient (Wildman–Crippen LogP) is 4.00. The number of fused-ring (bicyclic) bond motifs is 3. The molecule has 0 radical (unpaired) electrons. The maximum Gasteiger partial charge on any atom is 0.344 e. The Labute approximate surface area is 150 Å². The van der Waals surface area contributed by atoms with Crippen LogP contribution in [0.15, 0.2) is 45.8 Å². The average molecular weight is 351 g/mol. The Morgan fingerprint density at radius 1 is 1.16 bits per heavy atom. The number of rotatable bonds is 5. The van der Waals surface area contributed by atoms with E-state index in [1.807, 2.05) is 30.0 Å². The molecule has 0 saturated carbocycles. The Morgan fingerprint density at radius 2 is 2.00 bits per heavy atom. The molecule has 0 atom stereocenters. The number of allylic oxidation sites excluding steroid dienone is 1. The number of nitrogens with zero attached hydrogens (tertiary/aromatic N) is 1. The van der Waals surface area contributed by atoms with Gasteiger partial charge >= 0.3 is 5.97 Å². The van der Waals surface area contributed by atoms with Gasteiger partial charge in [0.2, 0.25) is 0 Å². The van der Waals surface area contributed by atoms with Crippen LogP contribution < -0.4 is 0 Å². The predicted molar refractivity (Wildman–Crippen MR) is 100 cm³/mol. The van der Waals surface area contributed by atoms with E-state index >= 15 is 0 Å². The van der Waals surface area contributed by atoms with Crippen LogP contribution in [-0.2, 0) is 14.3 Å². The summed E-state index contributed by atoms with van der Waals surface area (Å²) >= 11 is 1.82. The lowest BCUT2D eigenvalue weighted by Gasteiger charge is -2.09. The highest BCUT2D eigenvalue weighted by Crippen LogP contribution is 2.45. The summed E-state index contributed by atoms with van der Waals surface area (Å²) in [6.45, 7) is 4.12. The number of amides is 1. The first-order valence-corrected chi connectivity index (χ1v) is 9.40. The smallest absolute Gasteiger partial charge is 0.344 e. The van der Waals surface area contributed by atoms with Gasteiger partial charge in [0.05, 0.1) is 12.3 Å². The molecule has 0 saturated heterocycles. The van der Waals surface area contributed by atoms with Gasteiger partial charge in [0.1, 0.15) is 5.57 Å². The Morgan fingerprint density at radius 3 is 2.76 bits per heavy atom. The van der Waals surface area contributed by atoms with E-state index < -0.39 is 11.9 Å². The number of benzene rings is 2. The van der Waals surface area contributed by atoms with Gasteiger partial charge in [-0.3, -0.25) is 4.79 Å². The molecule has 25 heavy (non-hydrogen) atoms. The highest BCUT2D eigenvalue weighted by atomic mass is 32.2. The van der Waals surface area contributed by atoms with Crippen molar-refractivity contribution in [3.05, 3.63) is 47.0 Å². The van der Waals surface area contributed by atoms with Crippen LogP contribution in [0.4, 0.5) is 0 Å². The number of carbonyl (C=O) groups excluding carboxylic acids is 2. The molecule has 2 aromatic carbocycles. The van der Waals surface area contributed by atoms with Crippen molar-refractivity contribution in [3.63, 3.8) is 0 Å². The Balaban J connectivity index is 1.96. The van der Waals surface area contributed by atoms with Gasteiger partial charge in [-0.2, -0.15) is 0 Å². The lowest BCUT2D eigenvalue weighted by atomic mass is 10.0. The third-order valence-corrected chi connectivity index (χ3v) is 5.66. The summed E-state index contributed by atoms with van der Waals surface area (Å²) in [5.41, 5.74) is 3.12. The zero-order valence-electron chi connectivity index (χ0n) is 14.1. The second-order valence-electron chi connectivity index (χ2n) is 5.92. The molecule has 0 unspecified atom stereocenters. The van der Waals surface area contributed by atoms with Crippen LogP contribution in [0, 0.1) is 0 Å². The van der Waals surface area contributed by atoms with E-state index in [1.54, 1.807) is 6.92 Å². The number of esters is 1. The van der Waals surface area contributed by atoms with Gasteiger partial charge in [0.25, 0.3) is 5.91 Å². The summed E-state index contributed by atoms with van der Waals surface area (Å²) in [6.07, 6.45) is 1.10. The Kier molecular flexibility index (Phi) is 3.96. The number of hydrogen-bond donors (Lipinski definition) is 0. The summed E-state index contributed by atoms with van der Waals surface area (Å²) in [7, 11) is 0.